The van der Waals surface area contributed by atoms with E-state index in [2.05, 4.69) is 135 Å². The summed E-state index contributed by atoms with van der Waals surface area (Å²) in [7, 11) is -4.65. The Bertz CT molecular complexity index is 1420. The highest BCUT2D eigenvalue weighted by Crippen LogP contribution is 2.43. The molecule has 0 amide bonds. The minimum absolute atomic E-state index is 0.0231. The lowest BCUT2D eigenvalue weighted by atomic mass is 10.1. The molecule has 0 aliphatic rings. The smallest absolute Gasteiger partial charge is 0.472 e. The molecule has 0 aromatic carbocycles. The molecule has 0 saturated carbocycles. The van der Waals surface area contributed by atoms with Crippen molar-refractivity contribution in [2.24, 2.45) is 5.73 Å². The van der Waals surface area contributed by atoms with Crippen LogP contribution in [0.15, 0.2) is 122 Å². The molecule has 0 aromatic heterocycles. The van der Waals surface area contributed by atoms with Crippen LogP contribution in [-0.2, 0) is 32.7 Å². The van der Waals surface area contributed by atoms with Gasteiger partial charge in [0.15, 0.2) is 0 Å². The Morgan fingerprint density at radius 1 is 0.525 bits per heavy atom. The van der Waals surface area contributed by atoms with Gasteiger partial charge in [0.1, 0.15) is 12.1 Å². The average Bonchev–Trinajstić information content (AvgIpc) is 3.24. The molecule has 0 spiro atoms. The van der Waals surface area contributed by atoms with Crippen molar-refractivity contribution >= 4 is 19.8 Å². The van der Waals surface area contributed by atoms with E-state index in [0.29, 0.717) is 13.0 Å². The summed E-state index contributed by atoms with van der Waals surface area (Å²) in [5, 5.41) is 8.91. The van der Waals surface area contributed by atoms with Crippen molar-refractivity contribution in [2.75, 3.05) is 26.4 Å². The first-order valence-corrected chi connectivity index (χ1v) is 24.1. The highest BCUT2D eigenvalue weighted by molar-refractivity contribution is 7.47. The number of carbonyl (C=O) groups is 2. The van der Waals surface area contributed by atoms with Crippen LogP contribution < -0.4 is 5.73 Å². The van der Waals surface area contributed by atoms with Crippen molar-refractivity contribution < 1.29 is 42.7 Å². The molecule has 0 fully saturated rings. The van der Waals surface area contributed by atoms with E-state index >= 15 is 0 Å². The van der Waals surface area contributed by atoms with Crippen LogP contribution in [0.2, 0.25) is 0 Å². The summed E-state index contributed by atoms with van der Waals surface area (Å²) in [6.45, 7) is 3.52. The Balaban J connectivity index is 4.39. The number of esters is 1. The van der Waals surface area contributed by atoms with E-state index in [4.69, 9.17) is 29.4 Å². The number of aliphatic carboxylic acids is 1. The number of rotatable bonds is 41. The number of hydrogen-bond acceptors (Lipinski definition) is 8. The molecule has 0 rings (SSSR count). The molecule has 0 radical (unpaired) electrons. The van der Waals surface area contributed by atoms with Crippen LogP contribution in [0.3, 0.4) is 0 Å². The first kappa shape index (κ1) is 57.4. The van der Waals surface area contributed by atoms with Crippen LogP contribution >= 0.6 is 7.82 Å². The molecule has 3 unspecified atom stereocenters. The quantitative estimate of drug-likeness (QED) is 0.0234. The number of ether oxygens (including phenoxy) is 2. The third-order valence-corrected chi connectivity index (χ3v) is 9.69. The van der Waals surface area contributed by atoms with Crippen LogP contribution in [-0.4, -0.2) is 60.5 Å². The van der Waals surface area contributed by atoms with Gasteiger partial charge in [-0.2, -0.15) is 0 Å². The van der Waals surface area contributed by atoms with E-state index in [1.165, 1.54) is 0 Å². The maximum atomic E-state index is 12.6. The highest BCUT2D eigenvalue weighted by Gasteiger charge is 2.27. The normalized spacial score (nSPS) is 15.0. The zero-order chi connectivity index (χ0) is 44.8. The van der Waals surface area contributed by atoms with Gasteiger partial charge in [0.05, 0.1) is 19.8 Å². The summed E-state index contributed by atoms with van der Waals surface area (Å²) in [4.78, 5) is 33.6. The molecule has 3 atom stereocenters. The summed E-state index contributed by atoms with van der Waals surface area (Å²) in [5.41, 5.74) is 5.36. The van der Waals surface area contributed by atoms with Gasteiger partial charge in [-0.15, -0.1) is 0 Å². The van der Waals surface area contributed by atoms with Crippen LogP contribution in [0, 0.1) is 0 Å². The lowest BCUT2D eigenvalue weighted by Gasteiger charge is -2.20. The van der Waals surface area contributed by atoms with Gasteiger partial charge in [0.2, 0.25) is 0 Å². The third-order valence-electron chi connectivity index (χ3n) is 8.74. The van der Waals surface area contributed by atoms with Gasteiger partial charge in [0.25, 0.3) is 0 Å². The topological polar surface area (TPSA) is 155 Å². The fraction of sp³-hybridized carbons (Fsp3) is 0.560. The van der Waals surface area contributed by atoms with Gasteiger partial charge in [-0.25, -0.2) is 4.57 Å². The maximum Gasteiger partial charge on any atom is 0.472 e. The van der Waals surface area contributed by atoms with Crippen molar-refractivity contribution in [1.29, 1.82) is 0 Å². The number of allylic oxidation sites excluding steroid dienone is 20. The minimum Gasteiger partial charge on any atom is -0.480 e. The maximum absolute atomic E-state index is 12.6. The summed E-state index contributed by atoms with van der Waals surface area (Å²) in [5.74, 6) is -1.85. The molecule has 61 heavy (non-hydrogen) atoms. The number of phosphoric ester groups is 1. The predicted octanol–water partition coefficient (Wildman–Crippen LogP) is 12.9. The fourth-order valence-electron chi connectivity index (χ4n) is 5.30. The zero-order valence-electron chi connectivity index (χ0n) is 37.4. The van der Waals surface area contributed by atoms with E-state index in [-0.39, 0.29) is 13.0 Å². The first-order chi connectivity index (χ1) is 29.7. The molecule has 4 N–H and O–H groups in total. The monoisotopic (exact) mass is 870 g/mol. The van der Waals surface area contributed by atoms with Crippen molar-refractivity contribution in [1.82, 2.24) is 0 Å². The van der Waals surface area contributed by atoms with Gasteiger partial charge < -0.3 is 25.2 Å². The van der Waals surface area contributed by atoms with Crippen LogP contribution in [0.4, 0.5) is 0 Å². The molecule has 0 saturated heterocycles. The van der Waals surface area contributed by atoms with Gasteiger partial charge in [-0.3, -0.25) is 18.6 Å². The number of carboxylic acids is 1. The predicted molar refractivity (Wildman–Crippen MR) is 253 cm³/mol. The minimum atomic E-state index is -4.65. The van der Waals surface area contributed by atoms with E-state index in [1.54, 1.807) is 0 Å². The molecule has 0 aliphatic heterocycles. The first-order valence-electron chi connectivity index (χ1n) is 22.6. The number of carboxylic acid groups (broad SMARTS) is 1. The van der Waals surface area contributed by atoms with E-state index < -0.39 is 45.1 Å². The van der Waals surface area contributed by atoms with Gasteiger partial charge in [-0.1, -0.05) is 155 Å². The lowest BCUT2D eigenvalue weighted by molar-refractivity contribution is -0.154. The third kappa shape index (κ3) is 44.2. The standard InChI is InChI=1S/C50H80NO9P/c1-3-5-7-9-11-13-15-17-19-21-23-24-25-26-28-30-32-34-36-38-40-42-49(52)60-47(45-58-61(55,56)59-46-48(51)50(53)54)44-57-43-41-39-37-35-33-31-29-27-22-20-18-16-14-12-10-8-6-4-2/h5-8,11-14,17-20,23-24,26-29,32,34,47-48H,3-4,9-10,15-16,21-22,25,30-31,33,35-46,51H2,1-2H3,(H,53,54)(H,55,56)/b7-5-,8-6-,13-11-,14-12-,19-17-,20-18-,24-23-,28-26-,29-27-,34-32-. The van der Waals surface area contributed by atoms with Gasteiger partial charge >= 0.3 is 19.8 Å². The second-order valence-corrected chi connectivity index (χ2v) is 15.9. The number of unbranched alkanes of at least 4 members (excludes halogenated alkanes) is 7. The van der Waals surface area contributed by atoms with E-state index in [9.17, 15) is 19.0 Å². The fourth-order valence-corrected chi connectivity index (χ4v) is 6.08. The van der Waals surface area contributed by atoms with Crippen molar-refractivity contribution in [2.45, 2.75) is 154 Å². The Kier molecular flexibility index (Phi) is 41.8. The number of nitrogens with two attached hydrogens (primary N) is 1. The van der Waals surface area contributed by atoms with Crippen LogP contribution in [0.5, 0.6) is 0 Å². The molecule has 0 aliphatic carbocycles. The summed E-state index contributed by atoms with van der Waals surface area (Å²) >= 11 is 0. The lowest BCUT2D eigenvalue weighted by Crippen LogP contribution is -2.34. The Hall–Kier alpha value is -3.63. The molecule has 0 bridgehead atoms. The largest absolute Gasteiger partial charge is 0.480 e. The Morgan fingerprint density at radius 3 is 1.34 bits per heavy atom. The SMILES string of the molecule is CC/C=C\C/C=C\C/C=C\C/C=C\C/C=C\C/C=C\CCCCC(=O)OC(COCCCCCCC/C=C\C/C=C\C/C=C\C/C=C\CC)COP(=O)(O)OCC(N)C(=O)O. The Morgan fingerprint density at radius 2 is 0.902 bits per heavy atom. The summed E-state index contributed by atoms with van der Waals surface area (Å²) in [6, 6.07) is -1.49. The summed E-state index contributed by atoms with van der Waals surface area (Å²) in [6.07, 6.45) is 61.1. The number of carbonyl (C=O) groups excluding carboxylic acids is 1. The van der Waals surface area contributed by atoms with Crippen LogP contribution in [0.25, 0.3) is 0 Å². The molecular weight excluding hydrogens is 790 g/mol. The number of hydrogen-bond donors (Lipinski definition) is 3. The van der Waals surface area contributed by atoms with E-state index in [1.807, 2.05) is 0 Å². The molecule has 10 nitrogen and oxygen atoms in total. The van der Waals surface area contributed by atoms with E-state index in [0.717, 1.165) is 116 Å². The zero-order valence-corrected chi connectivity index (χ0v) is 38.3. The van der Waals surface area contributed by atoms with Crippen molar-refractivity contribution in [3.05, 3.63) is 122 Å². The van der Waals surface area contributed by atoms with Crippen LogP contribution in [0.1, 0.15) is 142 Å². The second-order valence-electron chi connectivity index (χ2n) is 14.4. The molecule has 0 heterocycles. The van der Waals surface area contributed by atoms with Gasteiger partial charge in [-0.05, 0) is 103 Å². The second kappa shape index (κ2) is 44.4. The highest BCUT2D eigenvalue weighted by atomic mass is 31.2. The average molecular weight is 870 g/mol. The van der Waals surface area contributed by atoms with Gasteiger partial charge in [0, 0.05) is 13.0 Å². The molecule has 0 aromatic rings. The molecular formula is C50H80NO9P. The van der Waals surface area contributed by atoms with Crippen molar-refractivity contribution in [3.63, 3.8) is 0 Å². The molecule has 11 heteroatoms. The molecule has 344 valence electrons. The van der Waals surface area contributed by atoms with Crippen molar-refractivity contribution in [3.8, 4) is 0 Å². The Labute approximate surface area is 369 Å². The number of phosphoric acid groups is 1. The summed E-state index contributed by atoms with van der Waals surface area (Å²) < 4.78 is 33.3.